The Morgan fingerprint density at radius 2 is 2.04 bits per heavy atom. The van der Waals surface area contributed by atoms with Gasteiger partial charge in [-0.05, 0) is 19.4 Å². The highest BCUT2D eigenvalue weighted by Crippen LogP contribution is 2.33. The third-order valence-electron chi connectivity index (χ3n) is 4.53. The van der Waals surface area contributed by atoms with Crippen LogP contribution in [0.1, 0.15) is 16.3 Å². The zero-order chi connectivity index (χ0) is 18.3. The number of morpholine rings is 1. The van der Waals surface area contributed by atoms with E-state index in [1.165, 1.54) is 4.88 Å². The van der Waals surface area contributed by atoms with Crippen molar-refractivity contribution in [3.63, 3.8) is 0 Å². The van der Waals surface area contributed by atoms with Gasteiger partial charge < -0.3 is 4.74 Å². The Morgan fingerprint density at radius 1 is 1.27 bits per heavy atom. The van der Waals surface area contributed by atoms with Crippen molar-refractivity contribution in [1.82, 2.24) is 29.6 Å². The normalized spacial score (nSPS) is 17.0. The van der Waals surface area contributed by atoms with Crippen LogP contribution in [-0.4, -0.2) is 66.4 Å². The van der Waals surface area contributed by atoms with Gasteiger partial charge in [0.2, 0.25) is 5.16 Å². The van der Waals surface area contributed by atoms with Gasteiger partial charge in [-0.1, -0.05) is 0 Å². The molecule has 1 saturated heterocycles. The SMILES string of the molecule is Cc1sc2nc(CN3CCOCC3)nc(-n3cnnc3S(C)=O)c2c1C. The van der Waals surface area contributed by atoms with Gasteiger partial charge in [0.15, 0.2) is 5.82 Å². The zero-order valence-corrected chi connectivity index (χ0v) is 16.6. The fourth-order valence-corrected chi connectivity index (χ4v) is 4.66. The molecule has 1 fully saturated rings. The maximum Gasteiger partial charge on any atom is 0.226 e. The molecule has 1 aliphatic rings. The molecule has 0 bridgehead atoms. The predicted octanol–water partition coefficient (Wildman–Crippen LogP) is 1.46. The number of aromatic nitrogens is 5. The van der Waals surface area contributed by atoms with Crippen LogP contribution in [0.25, 0.3) is 16.0 Å². The maximum atomic E-state index is 12.1. The first kappa shape index (κ1) is 17.7. The molecule has 4 rings (SSSR count). The van der Waals surface area contributed by atoms with Gasteiger partial charge in [-0.15, -0.1) is 21.5 Å². The standard InChI is InChI=1S/C16H20N6O2S2/c1-10-11(2)25-15-13(10)14(22-9-17-20-16(22)26(3)23)18-12(19-15)8-21-4-6-24-7-5-21/h9H,4-8H2,1-3H3. The third-order valence-corrected chi connectivity index (χ3v) is 6.42. The van der Waals surface area contributed by atoms with E-state index in [0.29, 0.717) is 17.5 Å². The molecule has 1 aliphatic heterocycles. The lowest BCUT2D eigenvalue weighted by molar-refractivity contribution is 0.0331. The molecule has 26 heavy (non-hydrogen) atoms. The van der Waals surface area contributed by atoms with Crippen LogP contribution in [0.3, 0.4) is 0 Å². The smallest absolute Gasteiger partial charge is 0.226 e. The molecular formula is C16H20N6O2S2. The quantitative estimate of drug-likeness (QED) is 0.664. The van der Waals surface area contributed by atoms with Crippen molar-refractivity contribution in [2.45, 2.75) is 25.5 Å². The topological polar surface area (TPSA) is 86.0 Å². The highest BCUT2D eigenvalue weighted by atomic mass is 32.2. The lowest BCUT2D eigenvalue weighted by atomic mass is 10.2. The first-order valence-corrected chi connectivity index (χ1v) is 10.7. The first-order chi connectivity index (χ1) is 12.5. The molecule has 4 heterocycles. The summed E-state index contributed by atoms with van der Waals surface area (Å²) in [4.78, 5) is 14.0. The van der Waals surface area contributed by atoms with E-state index in [-0.39, 0.29) is 0 Å². The minimum Gasteiger partial charge on any atom is -0.379 e. The van der Waals surface area contributed by atoms with Gasteiger partial charge >= 0.3 is 0 Å². The lowest BCUT2D eigenvalue weighted by Crippen LogP contribution is -2.36. The van der Waals surface area contributed by atoms with E-state index in [4.69, 9.17) is 14.7 Å². The Morgan fingerprint density at radius 3 is 2.77 bits per heavy atom. The van der Waals surface area contributed by atoms with Gasteiger partial charge in [0, 0.05) is 24.2 Å². The van der Waals surface area contributed by atoms with Crippen LogP contribution >= 0.6 is 11.3 Å². The van der Waals surface area contributed by atoms with Gasteiger partial charge in [-0.2, -0.15) is 0 Å². The van der Waals surface area contributed by atoms with Gasteiger partial charge in [-0.25, -0.2) is 9.97 Å². The largest absolute Gasteiger partial charge is 0.379 e. The molecule has 138 valence electrons. The summed E-state index contributed by atoms with van der Waals surface area (Å²) in [5, 5.41) is 9.32. The molecular weight excluding hydrogens is 372 g/mol. The molecule has 1 unspecified atom stereocenters. The van der Waals surface area contributed by atoms with Crippen molar-refractivity contribution in [3.05, 3.63) is 22.6 Å². The van der Waals surface area contributed by atoms with Crippen LogP contribution in [0.15, 0.2) is 11.5 Å². The molecule has 0 spiro atoms. The Bertz CT molecular complexity index is 977. The molecule has 0 saturated carbocycles. The van der Waals surface area contributed by atoms with Gasteiger partial charge in [0.1, 0.15) is 17.0 Å². The number of thiophene rings is 1. The van der Waals surface area contributed by atoms with Crippen molar-refractivity contribution < 1.29 is 8.95 Å². The van der Waals surface area contributed by atoms with Crippen molar-refractivity contribution in [3.8, 4) is 5.82 Å². The molecule has 8 nitrogen and oxygen atoms in total. The number of ether oxygens (including phenoxy) is 1. The maximum absolute atomic E-state index is 12.1. The summed E-state index contributed by atoms with van der Waals surface area (Å²) >= 11 is 1.66. The molecule has 0 amide bonds. The van der Waals surface area contributed by atoms with E-state index in [1.807, 2.05) is 0 Å². The zero-order valence-electron chi connectivity index (χ0n) is 14.9. The Hall–Kier alpha value is -1.75. The second kappa shape index (κ2) is 7.10. The van der Waals surface area contributed by atoms with Crippen LogP contribution in [0, 0.1) is 13.8 Å². The van der Waals surface area contributed by atoms with E-state index in [9.17, 15) is 4.21 Å². The van der Waals surface area contributed by atoms with Crippen LogP contribution in [0.4, 0.5) is 0 Å². The summed E-state index contributed by atoms with van der Waals surface area (Å²) in [6, 6.07) is 0. The van der Waals surface area contributed by atoms with Crippen LogP contribution in [0.2, 0.25) is 0 Å². The number of aryl methyl sites for hydroxylation is 2. The second-order valence-corrected chi connectivity index (χ2v) is 8.73. The van der Waals surface area contributed by atoms with Crippen LogP contribution in [-0.2, 0) is 22.1 Å². The van der Waals surface area contributed by atoms with Crippen molar-refractivity contribution in [1.29, 1.82) is 0 Å². The molecule has 0 radical (unpaired) electrons. The Balaban J connectivity index is 1.86. The average Bonchev–Trinajstić information content (AvgIpc) is 3.21. The number of hydrogen-bond acceptors (Lipinski definition) is 8. The van der Waals surface area contributed by atoms with E-state index < -0.39 is 10.8 Å². The molecule has 3 aromatic rings. The Kier molecular flexibility index (Phi) is 4.82. The fraction of sp³-hybridized carbons (Fsp3) is 0.500. The fourth-order valence-electron chi connectivity index (χ4n) is 3.04. The van der Waals surface area contributed by atoms with Gasteiger partial charge in [0.05, 0.1) is 35.9 Å². The summed E-state index contributed by atoms with van der Waals surface area (Å²) in [6.07, 6.45) is 3.17. The molecule has 0 N–H and O–H groups in total. The van der Waals surface area contributed by atoms with Gasteiger partial charge in [0.25, 0.3) is 0 Å². The summed E-state index contributed by atoms with van der Waals surface area (Å²) in [7, 11) is -1.26. The molecule has 0 aliphatic carbocycles. The van der Waals surface area contributed by atoms with E-state index in [2.05, 4.69) is 28.9 Å². The summed E-state index contributed by atoms with van der Waals surface area (Å²) in [5.74, 6) is 1.45. The number of fused-ring (bicyclic) bond motifs is 1. The predicted molar refractivity (Wildman–Crippen MR) is 100 cm³/mol. The second-order valence-electron chi connectivity index (χ2n) is 6.25. The van der Waals surface area contributed by atoms with Crippen molar-refractivity contribution in [2.75, 3.05) is 32.6 Å². The minimum absolute atomic E-state index is 0.394. The third kappa shape index (κ3) is 3.18. The van der Waals surface area contributed by atoms with E-state index >= 15 is 0 Å². The van der Waals surface area contributed by atoms with Crippen molar-refractivity contribution >= 4 is 32.4 Å². The highest BCUT2D eigenvalue weighted by Gasteiger charge is 2.21. The Labute approximate surface area is 157 Å². The van der Waals surface area contributed by atoms with E-state index in [0.717, 1.165) is 47.9 Å². The number of rotatable bonds is 4. The van der Waals surface area contributed by atoms with Gasteiger partial charge in [-0.3, -0.25) is 13.7 Å². The summed E-state index contributed by atoms with van der Waals surface area (Å²) in [6.45, 7) is 8.02. The minimum atomic E-state index is -1.26. The van der Waals surface area contributed by atoms with Crippen LogP contribution in [0.5, 0.6) is 0 Å². The molecule has 10 heteroatoms. The molecule has 1 atom stereocenters. The monoisotopic (exact) mass is 392 g/mol. The summed E-state index contributed by atoms with van der Waals surface area (Å²) in [5.41, 5.74) is 1.14. The first-order valence-electron chi connectivity index (χ1n) is 8.35. The summed E-state index contributed by atoms with van der Waals surface area (Å²) < 4.78 is 19.2. The number of nitrogens with zero attached hydrogens (tertiary/aromatic N) is 6. The van der Waals surface area contributed by atoms with Crippen LogP contribution < -0.4 is 0 Å². The molecule has 3 aromatic heterocycles. The average molecular weight is 393 g/mol. The molecule has 0 aromatic carbocycles. The lowest BCUT2D eigenvalue weighted by Gasteiger charge is -2.25. The highest BCUT2D eigenvalue weighted by molar-refractivity contribution is 7.84. The van der Waals surface area contributed by atoms with E-state index in [1.54, 1.807) is 28.5 Å². The number of hydrogen-bond donors (Lipinski definition) is 0. The van der Waals surface area contributed by atoms with Crippen molar-refractivity contribution in [2.24, 2.45) is 0 Å².